The van der Waals surface area contributed by atoms with E-state index in [0.717, 1.165) is 0 Å². The number of hydrogen-bond acceptors (Lipinski definition) is 3. The van der Waals surface area contributed by atoms with Crippen molar-refractivity contribution in [1.29, 1.82) is 0 Å². The van der Waals surface area contributed by atoms with Crippen molar-refractivity contribution in [2.24, 2.45) is 0 Å². The number of nitrogens with one attached hydrogen (secondary N) is 2. The number of sulfonamides is 1. The van der Waals surface area contributed by atoms with Crippen molar-refractivity contribution in [3.05, 3.63) is 77.9 Å². The average Bonchev–Trinajstić information content (AvgIpc) is 2.57. The van der Waals surface area contributed by atoms with Crippen molar-refractivity contribution in [3.8, 4) is 0 Å². The van der Waals surface area contributed by atoms with E-state index < -0.39 is 10.0 Å². The molecule has 25 heavy (non-hydrogen) atoms. The molecule has 2 aromatic carbocycles. The lowest BCUT2D eigenvalue weighted by molar-refractivity contribution is -0.111. The maximum absolute atomic E-state index is 12.5. The third-order valence-electron chi connectivity index (χ3n) is 3.08. The molecule has 2 rings (SSSR count). The molecule has 5 nitrogen and oxygen atoms in total. The van der Waals surface area contributed by atoms with E-state index in [-0.39, 0.29) is 16.5 Å². The highest BCUT2D eigenvalue weighted by Gasteiger charge is 2.16. The molecule has 0 aliphatic carbocycles. The van der Waals surface area contributed by atoms with Gasteiger partial charge in [0.1, 0.15) is 0 Å². The molecule has 0 aliphatic heterocycles. The number of para-hydroxylation sites is 1. The Labute approximate surface area is 152 Å². The van der Waals surface area contributed by atoms with E-state index >= 15 is 0 Å². The maximum atomic E-state index is 12.5. The van der Waals surface area contributed by atoms with Gasteiger partial charge in [-0.3, -0.25) is 9.52 Å². The molecule has 130 valence electrons. The molecule has 2 aromatic rings. The van der Waals surface area contributed by atoms with Crippen molar-refractivity contribution < 1.29 is 13.2 Å². The smallest absolute Gasteiger partial charge is 0.262 e. The Morgan fingerprint density at radius 2 is 1.84 bits per heavy atom. The second-order valence-electron chi connectivity index (χ2n) is 4.99. The fourth-order valence-electron chi connectivity index (χ4n) is 1.93. The summed E-state index contributed by atoms with van der Waals surface area (Å²) in [4.78, 5) is 11.8. The van der Waals surface area contributed by atoms with E-state index in [4.69, 9.17) is 11.6 Å². The van der Waals surface area contributed by atoms with E-state index in [1.165, 1.54) is 18.2 Å². The molecule has 0 fully saturated rings. The van der Waals surface area contributed by atoms with E-state index in [1.807, 2.05) is 6.92 Å². The number of halogens is 1. The number of carbonyl (C=O) groups is 1. The van der Waals surface area contributed by atoms with Crippen LogP contribution in [0.15, 0.2) is 77.7 Å². The average molecular weight is 377 g/mol. The Hall–Kier alpha value is -2.57. The van der Waals surface area contributed by atoms with Gasteiger partial charge in [0.25, 0.3) is 10.0 Å². The second kappa shape index (κ2) is 8.50. The monoisotopic (exact) mass is 376 g/mol. The van der Waals surface area contributed by atoms with Crippen LogP contribution in [0.1, 0.15) is 6.92 Å². The van der Waals surface area contributed by atoms with Gasteiger partial charge in [-0.15, -0.1) is 0 Å². The van der Waals surface area contributed by atoms with Crippen LogP contribution in [0.4, 0.5) is 11.4 Å². The van der Waals surface area contributed by atoms with Gasteiger partial charge in [0.05, 0.1) is 15.6 Å². The van der Waals surface area contributed by atoms with Gasteiger partial charge >= 0.3 is 0 Å². The molecule has 1 amide bonds. The fourth-order valence-corrected chi connectivity index (χ4v) is 3.29. The lowest BCUT2D eigenvalue weighted by Gasteiger charge is -2.10. The molecule has 2 N–H and O–H groups in total. The third kappa shape index (κ3) is 5.48. The summed E-state index contributed by atoms with van der Waals surface area (Å²) >= 11 is 5.98. The Bertz CT molecular complexity index is 921. The summed E-state index contributed by atoms with van der Waals surface area (Å²) in [5.74, 6) is -0.355. The number of benzene rings is 2. The topological polar surface area (TPSA) is 75.3 Å². The highest BCUT2D eigenvalue weighted by atomic mass is 35.5. The van der Waals surface area contributed by atoms with Gasteiger partial charge in [0, 0.05) is 11.8 Å². The van der Waals surface area contributed by atoms with Gasteiger partial charge in [0.15, 0.2) is 0 Å². The summed E-state index contributed by atoms with van der Waals surface area (Å²) in [7, 11) is -3.83. The molecular formula is C18H17ClN2O3S. The lowest BCUT2D eigenvalue weighted by atomic mass is 10.3. The standard InChI is InChI=1S/C18H17ClN2O3S/c1-2-3-4-12-18(22)20-14-8-7-9-15(13-14)25(23,24)21-17-11-6-5-10-16(17)19/h2-13,21H,1H3,(H,20,22)/b3-2+,12-4+. The van der Waals surface area contributed by atoms with Crippen LogP contribution < -0.4 is 10.0 Å². The first-order valence-corrected chi connectivity index (χ1v) is 9.26. The van der Waals surface area contributed by atoms with Crippen molar-refractivity contribution >= 4 is 38.9 Å². The highest BCUT2D eigenvalue weighted by Crippen LogP contribution is 2.24. The van der Waals surface area contributed by atoms with Crippen LogP contribution in [0.3, 0.4) is 0 Å². The largest absolute Gasteiger partial charge is 0.322 e. The Morgan fingerprint density at radius 1 is 1.08 bits per heavy atom. The third-order valence-corrected chi connectivity index (χ3v) is 4.77. The minimum absolute atomic E-state index is 0.0163. The van der Waals surface area contributed by atoms with Gasteiger partial charge in [-0.1, -0.05) is 48.0 Å². The van der Waals surface area contributed by atoms with Gasteiger partial charge in [-0.25, -0.2) is 8.42 Å². The number of carbonyl (C=O) groups excluding carboxylic acids is 1. The van der Waals surface area contributed by atoms with Crippen LogP contribution in [0.2, 0.25) is 5.02 Å². The zero-order valence-electron chi connectivity index (χ0n) is 13.4. The number of amides is 1. The summed E-state index contributed by atoms with van der Waals surface area (Å²) in [5.41, 5.74) is 0.657. The Kier molecular flexibility index (Phi) is 6.38. The number of hydrogen-bond donors (Lipinski definition) is 2. The van der Waals surface area contributed by atoms with E-state index in [1.54, 1.807) is 54.6 Å². The first-order valence-electron chi connectivity index (χ1n) is 7.40. The summed E-state index contributed by atoms with van der Waals surface area (Å²) in [6.07, 6.45) is 6.45. The molecule has 0 aromatic heterocycles. The summed E-state index contributed by atoms with van der Waals surface area (Å²) in [6, 6.07) is 12.5. The lowest BCUT2D eigenvalue weighted by Crippen LogP contribution is -2.14. The molecule has 0 saturated carbocycles. The molecule has 0 spiro atoms. The van der Waals surface area contributed by atoms with Crippen LogP contribution in [0.25, 0.3) is 0 Å². The fraction of sp³-hybridized carbons (Fsp3) is 0.0556. The Morgan fingerprint density at radius 3 is 2.56 bits per heavy atom. The maximum Gasteiger partial charge on any atom is 0.262 e. The first kappa shape index (κ1) is 18.8. The normalized spacial score (nSPS) is 11.8. The van der Waals surface area contributed by atoms with Gasteiger partial charge in [0.2, 0.25) is 5.91 Å². The minimum atomic E-state index is -3.83. The molecule has 0 atom stereocenters. The second-order valence-corrected chi connectivity index (χ2v) is 7.08. The van der Waals surface area contributed by atoms with Crippen molar-refractivity contribution in [2.75, 3.05) is 10.0 Å². The molecule has 0 bridgehead atoms. The highest BCUT2D eigenvalue weighted by molar-refractivity contribution is 7.92. The SMILES string of the molecule is C/C=C/C=C/C(=O)Nc1cccc(S(=O)(=O)Nc2ccccc2Cl)c1. The molecule has 0 aliphatic rings. The number of rotatable bonds is 6. The predicted molar refractivity (Wildman–Crippen MR) is 101 cm³/mol. The van der Waals surface area contributed by atoms with E-state index in [9.17, 15) is 13.2 Å². The zero-order valence-corrected chi connectivity index (χ0v) is 15.0. The van der Waals surface area contributed by atoms with E-state index in [2.05, 4.69) is 10.0 Å². The molecule has 0 radical (unpaired) electrons. The van der Waals surface area contributed by atoms with Gasteiger partial charge < -0.3 is 5.32 Å². The van der Waals surface area contributed by atoms with Gasteiger partial charge in [-0.2, -0.15) is 0 Å². The molecular weight excluding hydrogens is 360 g/mol. The quantitative estimate of drug-likeness (QED) is 0.585. The minimum Gasteiger partial charge on any atom is -0.322 e. The van der Waals surface area contributed by atoms with Crippen LogP contribution in [0, 0.1) is 0 Å². The van der Waals surface area contributed by atoms with E-state index in [0.29, 0.717) is 10.7 Å². The number of allylic oxidation sites excluding steroid dienone is 3. The zero-order chi connectivity index (χ0) is 18.3. The molecule has 7 heteroatoms. The first-order chi connectivity index (χ1) is 11.9. The predicted octanol–water partition coefficient (Wildman–Crippen LogP) is 4.21. The van der Waals surface area contributed by atoms with Crippen LogP contribution in [-0.2, 0) is 14.8 Å². The van der Waals surface area contributed by atoms with Crippen molar-refractivity contribution in [1.82, 2.24) is 0 Å². The number of anilines is 2. The molecule has 0 heterocycles. The van der Waals surface area contributed by atoms with Crippen LogP contribution in [0.5, 0.6) is 0 Å². The molecule has 0 saturated heterocycles. The Balaban J connectivity index is 2.19. The summed E-state index contributed by atoms with van der Waals surface area (Å²) in [5, 5.41) is 2.91. The van der Waals surface area contributed by atoms with Gasteiger partial charge in [-0.05, 0) is 37.3 Å². The summed E-state index contributed by atoms with van der Waals surface area (Å²) in [6.45, 7) is 1.84. The molecule has 0 unspecified atom stereocenters. The van der Waals surface area contributed by atoms with Crippen LogP contribution in [-0.4, -0.2) is 14.3 Å². The van der Waals surface area contributed by atoms with Crippen LogP contribution >= 0.6 is 11.6 Å². The summed E-state index contributed by atoms with van der Waals surface area (Å²) < 4.78 is 27.4. The van der Waals surface area contributed by atoms with Crippen molar-refractivity contribution in [2.45, 2.75) is 11.8 Å². The van der Waals surface area contributed by atoms with Crippen molar-refractivity contribution in [3.63, 3.8) is 0 Å².